The van der Waals surface area contributed by atoms with E-state index in [1.807, 2.05) is 6.07 Å². The van der Waals surface area contributed by atoms with Gasteiger partial charge in [-0.05, 0) is 42.0 Å². The van der Waals surface area contributed by atoms with Gasteiger partial charge in [0.1, 0.15) is 11.2 Å². The van der Waals surface area contributed by atoms with Crippen LogP contribution in [0, 0.1) is 22.6 Å². The molecule has 0 amide bonds. The van der Waals surface area contributed by atoms with Crippen molar-refractivity contribution in [2.75, 3.05) is 6.61 Å². The lowest BCUT2D eigenvalue weighted by atomic mass is 10.0. The zero-order valence-corrected chi connectivity index (χ0v) is 13.9. The standard InChI is InChI=1S/C17H13ClFNO3S/c18-12-4-6-14(7-5-12)24(22,23)16-15(17(16,9-20)10-21)11-2-1-3-13(19)8-11/h1-8,15-16,21H,10H2/t15-,16-,17+/m0/s1. The van der Waals surface area contributed by atoms with E-state index in [-0.39, 0.29) is 4.90 Å². The lowest BCUT2D eigenvalue weighted by molar-refractivity contribution is 0.242. The summed E-state index contributed by atoms with van der Waals surface area (Å²) in [6, 6.07) is 13.0. The second kappa shape index (κ2) is 5.85. The summed E-state index contributed by atoms with van der Waals surface area (Å²) in [6.07, 6.45) is 0. The number of sulfone groups is 1. The number of nitriles is 1. The molecule has 1 N–H and O–H groups in total. The zero-order valence-electron chi connectivity index (χ0n) is 12.4. The summed E-state index contributed by atoms with van der Waals surface area (Å²) >= 11 is 5.78. The second-order valence-electron chi connectivity index (χ2n) is 5.76. The Kier molecular flexibility index (Phi) is 4.12. The van der Waals surface area contributed by atoms with Crippen LogP contribution in [0.25, 0.3) is 0 Å². The highest BCUT2D eigenvalue weighted by molar-refractivity contribution is 7.92. The molecule has 0 aromatic heterocycles. The predicted molar refractivity (Wildman–Crippen MR) is 86.7 cm³/mol. The van der Waals surface area contributed by atoms with Crippen LogP contribution in [0.3, 0.4) is 0 Å². The highest BCUT2D eigenvalue weighted by Gasteiger charge is 2.72. The molecule has 2 aromatic rings. The maximum absolute atomic E-state index is 13.5. The summed E-state index contributed by atoms with van der Waals surface area (Å²) in [6.45, 7) is -0.623. The monoisotopic (exact) mass is 365 g/mol. The van der Waals surface area contributed by atoms with Gasteiger partial charge in [0.2, 0.25) is 0 Å². The van der Waals surface area contributed by atoms with E-state index in [4.69, 9.17) is 11.6 Å². The van der Waals surface area contributed by atoms with Gasteiger partial charge >= 0.3 is 0 Å². The number of benzene rings is 2. The summed E-state index contributed by atoms with van der Waals surface area (Å²) in [5.74, 6) is -1.31. The van der Waals surface area contributed by atoms with E-state index in [1.165, 1.54) is 42.5 Å². The molecule has 4 nitrogen and oxygen atoms in total. The van der Waals surface area contributed by atoms with Gasteiger partial charge in [-0.25, -0.2) is 12.8 Å². The zero-order chi connectivity index (χ0) is 17.5. The van der Waals surface area contributed by atoms with Gasteiger partial charge in [0, 0.05) is 10.9 Å². The van der Waals surface area contributed by atoms with Crippen LogP contribution in [0.1, 0.15) is 11.5 Å². The Morgan fingerprint density at radius 1 is 1.25 bits per heavy atom. The Balaban J connectivity index is 2.08. The summed E-state index contributed by atoms with van der Waals surface area (Å²) < 4.78 is 39.3. The highest BCUT2D eigenvalue weighted by Crippen LogP contribution is 2.63. The number of hydrogen-bond donors (Lipinski definition) is 1. The van der Waals surface area contributed by atoms with Crippen LogP contribution < -0.4 is 0 Å². The number of hydrogen-bond acceptors (Lipinski definition) is 4. The van der Waals surface area contributed by atoms with Crippen LogP contribution in [-0.2, 0) is 9.84 Å². The molecule has 124 valence electrons. The van der Waals surface area contributed by atoms with Gasteiger partial charge in [-0.15, -0.1) is 0 Å². The number of nitrogens with zero attached hydrogens (tertiary/aromatic N) is 1. The maximum atomic E-state index is 13.5. The van der Waals surface area contributed by atoms with E-state index >= 15 is 0 Å². The first-order chi connectivity index (χ1) is 11.4. The van der Waals surface area contributed by atoms with Crippen LogP contribution in [0.5, 0.6) is 0 Å². The van der Waals surface area contributed by atoms with Gasteiger partial charge < -0.3 is 5.11 Å². The first-order valence-corrected chi connectivity index (χ1v) is 9.06. The summed E-state index contributed by atoms with van der Waals surface area (Å²) in [7, 11) is -3.89. The van der Waals surface area contributed by atoms with E-state index in [0.29, 0.717) is 10.6 Å². The van der Waals surface area contributed by atoms with E-state index in [1.54, 1.807) is 6.07 Å². The molecule has 7 heteroatoms. The molecule has 1 saturated carbocycles. The lowest BCUT2D eigenvalue weighted by Gasteiger charge is -2.06. The first-order valence-electron chi connectivity index (χ1n) is 7.14. The van der Waals surface area contributed by atoms with Crippen molar-refractivity contribution < 1.29 is 17.9 Å². The largest absolute Gasteiger partial charge is 0.395 e. The van der Waals surface area contributed by atoms with Gasteiger partial charge in [0.05, 0.1) is 22.8 Å². The lowest BCUT2D eigenvalue weighted by Crippen LogP contribution is -2.18. The van der Waals surface area contributed by atoms with Crippen molar-refractivity contribution in [3.8, 4) is 6.07 Å². The normalized spacial score (nSPS) is 25.9. The average Bonchev–Trinajstić information content (AvgIpc) is 3.26. The smallest absolute Gasteiger partial charge is 0.183 e. The Labute approximate surface area is 144 Å². The van der Waals surface area contributed by atoms with E-state index < -0.39 is 38.8 Å². The molecule has 1 aliphatic rings. The van der Waals surface area contributed by atoms with Crippen molar-refractivity contribution in [1.29, 1.82) is 5.26 Å². The highest BCUT2D eigenvalue weighted by atomic mass is 35.5. The van der Waals surface area contributed by atoms with Crippen LogP contribution in [0.2, 0.25) is 5.02 Å². The predicted octanol–water partition coefficient (Wildman–Crippen LogP) is 2.92. The average molecular weight is 366 g/mol. The molecule has 0 unspecified atom stereocenters. The molecule has 24 heavy (non-hydrogen) atoms. The number of halogens is 2. The van der Waals surface area contributed by atoms with Gasteiger partial charge in [-0.2, -0.15) is 5.26 Å². The second-order valence-corrected chi connectivity index (χ2v) is 8.27. The molecule has 3 atom stereocenters. The molecule has 1 fully saturated rings. The minimum absolute atomic E-state index is 0.0175. The van der Waals surface area contributed by atoms with Crippen molar-refractivity contribution in [2.45, 2.75) is 16.1 Å². The molecule has 2 aromatic carbocycles. The molecule has 0 bridgehead atoms. The van der Waals surface area contributed by atoms with Crippen molar-refractivity contribution in [2.24, 2.45) is 5.41 Å². The minimum Gasteiger partial charge on any atom is -0.395 e. The van der Waals surface area contributed by atoms with Crippen LogP contribution in [-0.4, -0.2) is 25.4 Å². The molecular formula is C17H13ClFNO3S. The maximum Gasteiger partial charge on any atom is 0.183 e. The van der Waals surface area contributed by atoms with Crippen LogP contribution in [0.15, 0.2) is 53.4 Å². The number of rotatable bonds is 4. The Hall–Kier alpha value is -1.94. The fraction of sp³-hybridized carbons (Fsp3) is 0.235. The number of aliphatic hydroxyl groups is 1. The third-order valence-electron chi connectivity index (χ3n) is 4.41. The molecule has 3 rings (SSSR count). The van der Waals surface area contributed by atoms with Gasteiger partial charge in [-0.3, -0.25) is 0 Å². The minimum atomic E-state index is -3.89. The SMILES string of the molecule is N#C[C@@]1(CO)[C@@H](c2cccc(F)c2)[C@@H]1S(=O)(=O)c1ccc(Cl)cc1. The quantitative estimate of drug-likeness (QED) is 0.903. The van der Waals surface area contributed by atoms with Crippen molar-refractivity contribution in [1.82, 2.24) is 0 Å². The first kappa shape index (κ1) is 16.9. The fourth-order valence-electron chi connectivity index (χ4n) is 3.16. The summed E-state index contributed by atoms with van der Waals surface area (Å²) in [5, 5.41) is 18.4. The molecule has 0 radical (unpaired) electrons. The third-order valence-corrected chi connectivity index (χ3v) is 6.95. The summed E-state index contributed by atoms with van der Waals surface area (Å²) in [5.41, 5.74) is -1.10. The van der Waals surface area contributed by atoms with Gasteiger partial charge in [0.25, 0.3) is 0 Å². The van der Waals surface area contributed by atoms with Crippen molar-refractivity contribution in [3.05, 3.63) is 64.9 Å². The van der Waals surface area contributed by atoms with Gasteiger partial charge in [-0.1, -0.05) is 23.7 Å². The molecule has 1 aliphatic carbocycles. The van der Waals surface area contributed by atoms with E-state index in [0.717, 1.165) is 0 Å². The van der Waals surface area contributed by atoms with Crippen molar-refractivity contribution in [3.63, 3.8) is 0 Å². The van der Waals surface area contributed by atoms with Crippen LogP contribution in [0.4, 0.5) is 4.39 Å². The topological polar surface area (TPSA) is 78.2 Å². The fourth-order valence-corrected chi connectivity index (χ4v) is 5.60. The third kappa shape index (κ3) is 2.49. The van der Waals surface area contributed by atoms with Crippen molar-refractivity contribution >= 4 is 21.4 Å². The Morgan fingerprint density at radius 3 is 2.46 bits per heavy atom. The molecule has 0 heterocycles. The molecule has 0 aliphatic heterocycles. The van der Waals surface area contributed by atoms with E-state index in [9.17, 15) is 23.2 Å². The molecule has 0 saturated heterocycles. The summed E-state index contributed by atoms with van der Waals surface area (Å²) in [4.78, 5) is 0.0175. The molecular weight excluding hydrogens is 353 g/mol. The van der Waals surface area contributed by atoms with Crippen LogP contribution >= 0.6 is 11.6 Å². The Bertz CT molecular complexity index is 924. The Morgan fingerprint density at radius 2 is 1.92 bits per heavy atom. The van der Waals surface area contributed by atoms with Gasteiger partial charge in [0.15, 0.2) is 9.84 Å². The van der Waals surface area contributed by atoms with E-state index in [2.05, 4.69) is 0 Å². The number of aliphatic hydroxyl groups excluding tert-OH is 1. The molecule has 0 spiro atoms.